The molecule has 2 rings (SSSR count). The third kappa shape index (κ3) is 5.94. The molecule has 1 atom stereocenters. The summed E-state index contributed by atoms with van der Waals surface area (Å²) in [4.78, 5) is 4.09. The molecule has 1 aromatic carbocycles. The Balaban J connectivity index is 0.00000312. The minimum absolute atomic E-state index is 0. The van der Waals surface area contributed by atoms with Crippen molar-refractivity contribution in [2.75, 3.05) is 7.05 Å². The summed E-state index contributed by atoms with van der Waals surface area (Å²) in [7, 11) is 1.61. The van der Waals surface area contributed by atoms with Crippen molar-refractivity contribution in [2.24, 2.45) is 4.99 Å². The monoisotopic (exact) mass is 464 g/mol. The lowest BCUT2D eigenvalue weighted by Crippen LogP contribution is -2.38. The second-order valence-electron chi connectivity index (χ2n) is 5.83. The number of halogens is 3. The highest BCUT2D eigenvalue weighted by molar-refractivity contribution is 14.0. The van der Waals surface area contributed by atoms with Gasteiger partial charge in [0.25, 0.3) is 0 Å². The predicted octanol–water partition coefficient (Wildman–Crippen LogP) is 4.12. The largest absolute Gasteiger partial charge is 0.359 e. The highest BCUT2D eigenvalue weighted by atomic mass is 127. The molecule has 138 valence electrons. The minimum Gasteiger partial charge on any atom is -0.359 e. The van der Waals surface area contributed by atoms with E-state index >= 15 is 0 Å². The van der Waals surface area contributed by atoms with Crippen LogP contribution in [0.3, 0.4) is 0 Å². The molecule has 0 fully saturated rings. The summed E-state index contributed by atoms with van der Waals surface area (Å²) >= 11 is 0. The van der Waals surface area contributed by atoms with Crippen LogP contribution in [-0.2, 0) is 6.54 Å². The first-order chi connectivity index (χ1) is 11.4. The van der Waals surface area contributed by atoms with Crippen molar-refractivity contribution in [3.63, 3.8) is 0 Å². The molecular weight excluding hydrogens is 441 g/mol. The third-order valence-electron chi connectivity index (χ3n) is 3.60. The summed E-state index contributed by atoms with van der Waals surface area (Å²) in [5, 5.41) is 10.1. The Morgan fingerprint density at radius 3 is 2.52 bits per heavy atom. The molecule has 0 bridgehead atoms. The van der Waals surface area contributed by atoms with Gasteiger partial charge in [0.2, 0.25) is 0 Å². The van der Waals surface area contributed by atoms with Crippen LogP contribution < -0.4 is 10.6 Å². The second kappa shape index (κ2) is 9.69. The standard InChI is InChI=1S/C17H22F2N4O.HI/c1-10(2)16-8-13(24-23-16)9-21-17(20-4)22-11(3)14-6-5-12(18)7-15(14)19;/h5-8,10-11H,9H2,1-4H3,(H2,20,21,22);1H. The van der Waals surface area contributed by atoms with E-state index in [0.29, 0.717) is 29.7 Å². The normalized spacial score (nSPS) is 12.7. The zero-order valence-electron chi connectivity index (χ0n) is 14.6. The lowest BCUT2D eigenvalue weighted by atomic mass is 10.1. The van der Waals surface area contributed by atoms with Crippen LogP contribution in [0.2, 0.25) is 0 Å². The average Bonchev–Trinajstić information content (AvgIpc) is 3.00. The van der Waals surface area contributed by atoms with Crippen LogP contribution in [-0.4, -0.2) is 18.2 Å². The Bertz CT molecular complexity index is 718. The Morgan fingerprint density at radius 2 is 1.96 bits per heavy atom. The number of rotatable bonds is 5. The fourth-order valence-electron chi connectivity index (χ4n) is 2.19. The van der Waals surface area contributed by atoms with Gasteiger partial charge >= 0.3 is 0 Å². The number of hydrogen-bond donors (Lipinski definition) is 2. The molecule has 8 heteroatoms. The van der Waals surface area contributed by atoms with Crippen LogP contribution in [0.15, 0.2) is 33.8 Å². The van der Waals surface area contributed by atoms with Crippen LogP contribution >= 0.6 is 24.0 Å². The first-order valence-electron chi connectivity index (χ1n) is 7.78. The lowest BCUT2D eigenvalue weighted by molar-refractivity contribution is 0.371. The quantitative estimate of drug-likeness (QED) is 0.397. The Hall–Kier alpha value is -1.71. The molecule has 0 aliphatic heterocycles. The molecule has 1 aromatic heterocycles. The summed E-state index contributed by atoms with van der Waals surface area (Å²) in [6.45, 7) is 6.25. The number of benzene rings is 1. The van der Waals surface area contributed by atoms with Crippen LogP contribution in [0.5, 0.6) is 0 Å². The van der Waals surface area contributed by atoms with Gasteiger partial charge < -0.3 is 15.2 Å². The number of aromatic nitrogens is 1. The maximum Gasteiger partial charge on any atom is 0.191 e. The van der Waals surface area contributed by atoms with Crippen molar-refractivity contribution in [2.45, 2.75) is 39.3 Å². The van der Waals surface area contributed by atoms with Gasteiger partial charge in [0.15, 0.2) is 11.7 Å². The summed E-state index contributed by atoms with van der Waals surface area (Å²) in [6, 6.07) is 5.02. The zero-order chi connectivity index (χ0) is 17.7. The van der Waals surface area contributed by atoms with Crippen LogP contribution in [0.1, 0.15) is 49.7 Å². The van der Waals surface area contributed by atoms with E-state index in [-0.39, 0.29) is 30.0 Å². The first kappa shape index (κ1) is 21.3. The van der Waals surface area contributed by atoms with Gasteiger partial charge in [-0.2, -0.15) is 0 Å². The first-order valence-corrected chi connectivity index (χ1v) is 7.78. The Kier molecular flexibility index (Phi) is 8.27. The summed E-state index contributed by atoms with van der Waals surface area (Å²) in [5.74, 6) is 0.261. The van der Waals surface area contributed by atoms with Crippen molar-refractivity contribution in [1.82, 2.24) is 15.8 Å². The van der Waals surface area contributed by atoms with Crippen molar-refractivity contribution < 1.29 is 13.3 Å². The van der Waals surface area contributed by atoms with Gasteiger partial charge in [-0.15, -0.1) is 24.0 Å². The van der Waals surface area contributed by atoms with Crippen molar-refractivity contribution >= 4 is 29.9 Å². The van der Waals surface area contributed by atoms with E-state index in [4.69, 9.17) is 4.52 Å². The highest BCUT2D eigenvalue weighted by Crippen LogP contribution is 2.17. The second-order valence-corrected chi connectivity index (χ2v) is 5.83. The van der Waals surface area contributed by atoms with E-state index in [0.717, 1.165) is 11.8 Å². The van der Waals surface area contributed by atoms with Gasteiger partial charge in [0.05, 0.1) is 18.3 Å². The third-order valence-corrected chi connectivity index (χ3v) is 3.60. The highest BCUT2D eigenvalue weighted by Gasteiger charge is 2.14. The topological polar surface area (TPSA) is 62.5 Å². The Labute approximate surface area is 163 Å². The van der Waals surface area contributed by atoms with Gasteiger partial charge in [-0.05, 0) is 18.9 Å². The van der Waals surface area contributed by atoms with Crippen molar-refractivity contribution in [3.05, 3.63) is 52.9 Å². The fraction of sp³-hybridized carbons (Fsp3) is 0.412. The molecule has 0 aliphatic rings. The van der Waals surface area contributed by atoms with Gasteiger partial charge in [0, 0.05) is 24.7 Å². The Morgan fingerprint density at radius 1 is 1.24 bits per heavy atom. The van der Waals surface area contributed by atoms with Gasteiger partial charge in [-0.1, -0.05) is 25.1 Å². The number of nitrogens with one attached hydrogen (secondary N) is 2. The van der Waals surface area contributed by atoms with E-state index < -0.39 is 11.6 Å². The van der Waals surface area contributed by atoms with Crippen LogP contribution in [0, 0.1) is 11.6 Å². The van der Waals surface area contributed by atoms with Gasteiger partial charge in [-0.3, -0.25) is 4.99 Å². The van der Waals surface area contributed by atoms with Crippen molar-refractivity contribution in [3.8, 4) is 0 Å². The molecule has 0 saturated heterocycles. The van der Waals surface area contributed by atoms with Crippen molar-refractivity contribution in [1.29, 1.82) is 0 Å². The molecule has 0 radical (unpaired) electrons. The van der Waals surface area contributed by atoms with E-state index in [1.807, 2.05) is 19.9 Å². The van der Waals surface area contributed by atoms with Crippen LogP contribution in [0.4, 0.5) is 8.78 Å². The molecule has 2 N–H and O–H groups in total. The number of guanidine groups is 1. The smallest absolute Gasteiger partial charge is 0.191 e. The van der Waals surface area contributed by atoms with E-state index in [2.05, 4.69) is 20.8 Å². The molecule has 0 amide bonds. The molecule has 1 unspecified atom stereocenters. The van der Waals surface area contributed by atoms with E-state index in [9.17, 15) is 8.78 Å². The molecule has 0 saturated carbocycles. The lowest BCUT2D eigenvalue weighted by Gasteiger charge is -2.18. The molecule has 0 spiro atoms. The minimum atomic E-state index is -0.600. The number of hydrogen-bond acceptors (Lipinski definition) is 3. The number of nitrogens with zero attached hydrogens (tertiary/aromatic N) is 2. The SMILES string of the molecule is CN=C(NCc1cc(C(C)C)no1)NC(C)c1ccc(F)cc1F.I. The molecule has 1 heterocycles. The fourth-order valence-corrected chi connectivity index (χ4v) is 2.19. The van der Waals surface area contributed by atoms with Gasteiger partial charge in [0.1, 0.15) is 11.6 Å². The predicted molar refractivity (Wildman–Crippen MR) is 104 cm³/mol. The summed E-state index contributed by atoms with van der Waals surface area (Å²) < 4.78 is 32.1. The van der Waals surface area contributed by atoms with Crippen LogP contribution in [0.25, 0.3) is 0 Å². The van der Waals surface area contributed by atoms with E-state index in [1.165, 1.54) is 12.1 Å². The van der Waals surface area contributed by atoms with Gasteiger partial charge in [-0.25, -0.2) is 8.78 Å². The maximum absolute atomic E-state index is 13.8. The molecule has 25 heavy (non-hydrogen) atoms. The summed E-state index contributed by atoms with van der Waals surface area (Å²) in [6.07, 6.45) is 0. The molecule has 2 aromatic rings. The molecular formula is C17H23F2IN4O. The maximum atomic E-state index is 13.8. The molecule has 0 aliphatic carbocycles. The summed E-state index contributed by atoms with van der Waals surface area (Å²) in [5.41, 5.74) is 1.25. The average molecular weight is 464 g/mol. The number of aliphatic imine (C=N–C) groups is 1. The zero-order valence-corrected chi connectivity index (χ0v) is 17.0. The van der Waals surface area contributed by atoms with E-state index in [1.54, 1.807) is 14.0 Å². The molecule has 5 nitrogen and oxygen atoms in total.